The number of nitrogens with one attached hydrogen (secondary N) is 1. The molecule has 0 heterocycles. The number of para-hydroxylation sites is 1. The predicted octanol–water partition coefficient (Wildman–Crippen LogP) is 3.05. The van der Waals surface area contributed by atoms with Crippen molar-refractivity contribution in [3.8, 4) is 5.75 Å². The Morgan fingerprint density at radius 3 is 2.73 bits per heavy atom. The number of rotatable bonds is 5. The van der Waals surface area contributed by atoms with E-state index in [1.54, 1.807) is 25.3 Å². The number of halogens is 1. The quantitative estimate of drug-likeness (QED) is 0.921. The largest absolute Gasteiger partial charge is 0.496 e. The third kappa shape index (κ3) is 3.11. The molecule has 2 aromatic carbocycles. The van der Waals surface area contributed by atoms with Crippen molar-refractivity contribution in [1.29, 1.82) is 0 Å². The first-order valence-electron chi connectivity index (χ1n) is 7.34. The van der Waals surface area contributed by atoms with Gasteiger partial charge in [0, 0.05) is 12.0 Å². The van der Waals surface area contributed by atoms with Gasteiger partial charge < -0.3 is 10.1 Å². The van der Waals surface area contributed by atoms with E-state index in [0.717, 1.165) is 17.7 Å². The second-order valence-corrected chi connectivity index (χ2v) is 5.53. The Morgan fingerprint density at radius 2 is 1.95 bits per heavy atom. The van der Waals surface area contributed by atoms with Crippen LogP contribution in [0.25, 0.3) is 0 Å². The topological polar surface area (TPSA) is 38.3 Å². The number of hydrogen-bond acceptors (Lipinski definition) is 2. The second-order valence-electron chi connectivity index (χ2n) is 5.53. The van der Waals surface area contributed by atoms with Gasteiger partial charge in [-0.2, -0.15) is 0 Å². The van der Waals surface area contributed by atoms with Crippen LogP contribution in [-0.2, 0) is 11.2 Å². The smallest absolute Gasteiger partial charge is 0.224 e. The predicted molar refractivity (Wildman–Crippen MR) is 82.4 cm³/mol. The minimum Gasteiger partial charge on any atom is -0.496 e. The van der Waals surface area contributed by atoms with Crippen LogP contribution in [0.3, 0.4) is 0 Å². The summed E-state index contributed by atoms with van der Waals surface area (Å²) in [6.07, 6.45) is 0.963. The molecule has 0 saturated heterocycles. The molecule has 4 heteroatoms. The molecule has 1 saturated carbocycles. The molecule has 0 bridgehead atoms. The minimum atomic E-state index is -0.338. The number of carbonyl (C=O) groups excluding carboxylic acids is 1. The fourth-order valence-corrected chi connectivity index (χ4v) is 2.74. The normalized spacial score (nSPS) is 19.5. The Bertz CT molecular complexity index is 686. The van der Waals surface area contributed by atoms with E-state index < -0.39 is 0 Å². The van der Waals surface area contributed by atoms with E-state index in [1.165, 1.54) is 6.07 Å². The van der Waals surface area contributed by atoms with Crippen molar-refractivity contribution in [3.63, 3.8) is 0 Å². The van der Waals surface area contributed by atoms with E-state index in [0.29, 0.717) is 5.56 Å². The van der Waals surface area contributed by atoms with Gasteiger partial charge in [-0.1, -0.05) is 36.4 Å². The summed E-state index contributed by atoms with van der Waals surface area (Å²) in [5.74, 6) is 0.640. The summed E-state index contributed by atoms with van der Waals surface area (Å²) in [5, 5.41) is 2.97. The molecule has 2 atom stereocenters. The minimum absolute atomic E-state index is 0.0712. The Morgan fingerprint density at radius 1 is 1.23 bits per heavy atom. The van der Waals surface area contributed by atoms with E-state index >= 15 is 0 Å². The van der Waals surface area contributed by atoms with Gasteiger partial charge in [-0.3, -0.25) is 4.79 Å². The van der Waals surface area contributed by atoms with Gasteiger partial charge in [-0.05, 0) is 29.7 Å². The Balaban J connectivity index is 1.59. The van der Waals surface area contributed by atoms with Crippen LogP contribution in [0.2, 0.25) is 0 Å². The SMILES string of the molecule is COc1ccccc1[C@H]1C[C@H]1NC(=O)Cc1ccccc1F. The van der Waals surface area contributed by atoms with E-state index in [1.807, 2.05) is 24.3 Å². The molecule has 114 valence electrons. The number of methoxy groups -OCH3 is 1. The molecule has 3 rings (SSSR count). The van der Waals surface area contributed by atoms with Crippen LogP contribution in [-0.4, -0.2) is 19.1 Å². The fraction of sp³-hybridized carbons (Fsp3) is 0.278. The van der Waals surface area contributed by atoms with Gasteiger partial charge in [-0.25, -0.2) is 4.39 Å². The lowest BCUT2D eigenvalue weighted by Gasteiger charge is -2.09. The number of hydrogen-bond donors (Lipinski definition) is 1. The average molecular weight is 299 g/mol. The lowest BCUT2D eigenvalue weighted by Crippen LogP contribution is -2.28. The van der Waals surface area contributed by atoms with Crippen LogP contribution in [0.15, 0.2) is 48.5 Å². The molecule has 0 unspecified atom stereocenters. The zero-order valence-electron chi connectivity index (χ0n) is 12.4. The molecule has 0 spiro atoms. The van der Waals surface area contributed by atoms with E-state index in [-0.39, 0.29) is 30.1 Å². The van der Waals surface area contributed by atoms with Crippen LogP contribution in [0.5, 0.6) is 5.75 Å². The van der Waals surface area contributed by atoms with Crippen molar-refractivity contribution in [2.24, 2.45) is 0 Å². The number of carbonyl (C=O) groups is 1. The number of benzene rings is 2. The van der Waals surface area contributed by atoms with Crippen LogP contribution in [0.4, 0.5) is 4.39 Å². The summed E-state index contributed by atoms with van der Waals surface area (Å²) in [6.45, 7) is 0. The van der Waals surface area contributed by atoms with Crippen LogP contribution in [0.1, 0.15) is 23.5 Å². The van der Waals surface area contributed by atoms with Gasteiger partial charge in [0.25, 0.3) is 0 Å². The molecular weight excluding hydrogens is 281 g/mol. The number of ether oxygens (including phenoxy) is 1. The molecule has 1 aliphatic carbocycles. The second kappa shape index (κ2) is 6.18. The molecule has 0 aliphatic heterocycles. The summed E-state index contributed by atoms with van der Waals surface area (Å²) in [4.78, 5) is 12.0. The highest BCUT2D eigenvalue weighted by Gasteiger charge is 2.40. The lowest BCUT2D eigenvalue weighted by molar-refractivity contribution is -0.120. The van der Waals surface area contributed by atoms with Crippen molar-refractivity contribution in [1.82, 2.24) is 5.32 Å². The monoisotopic (exact) mass is 299 g/mol. The third-order valence-corrected chi connectivity index (χ3v) is 3.98. The van der Waals surface area contributed by atoms with Crippen LogP contribution < -0.4 is 10.1 Å². The first kappa shape index (κ1) is 14.6. The molecular formula is C18H18FNO2. The maximum absolute atomic E-state index is 13.5. The highest BCUT2D eigenvalue weighted by Crippen LogP contribution is 2.44. The Kier molecular flexibility index (Phi) is 4.09. The zero-order chi connectivity index (χ0) is 15.5. The maximum Gasteiger partial charge on any atom is 0.224 e. The van der Waals surface area contributed by atoms with Gasteiger partial charge in [0.15, 0.2) is 0 Å². The fourth-order valence-electron chi connectivity index (χ4n) is 2.74. The molecule has 22 heavy (non-hydrogen) atoms. The van der Waals surface area contributed by atoms with E-state index in [4.69, 9.17) is 4.74 Å². The molecule has 0 radical (unpaired) electrons. The first-order valence-corrected chi connectivity index (χ1v) is 7.34. The summed E-state index contributed by atoms with van der Waals surface area (Å²) < 4.78 is 18.9. The van der Waals surface area contributed by atoms with E-state index in [9.17, 15) is 9.18 Å². The van der Waals surface area contributed by atoms with E-state index in [2.05, 4.69) is 5.32 Å². The third-order valence-electron chi connectivity index (χ3n) is 3.98. The summed E-state index contributed by atoms with van der Waals surface area (Å²) >= 11 is 0. The van der Waals surface area contributed by atoms with Crippen molar-refractivity contribution in [2.75, 3.05) is 7.11 Å². The highest BCUT2D eigenvalue weighted by molar-refractivity contribution is 5.79. The maximum atomic E-state index is 13.5. The Hall–Kier alpha value is -2.36. The Labute approximate surface area is 129 Å². The lowest BCUT2D eigenvalue weighted by atomic mass is 10.1. The molecule has 1 aliphatic rings. The van der Waals surface area contributed by atoms with Crippen molar-refractivity contribution in [2.45, 2.75) is 24.8 Å². The molecule has 3 nitrogen and oxygen atoms in total. The highest BCUT2D eigenvalue weighted by atomic mass is 19.1. The van der Waals surface area contributed by atoms with Gasteiger partial charge in [-0.15, -0.1) is 0 Å². The summed E-state index contributed by atoms with van der Waals surface area (Å²) in [5.41, 5.74) is 1.54. The summed E-state index contributed by atoms with van der Waals surface area (Å²) in [6, 6.07) is 14.3. The van der Waals surface area contributed by atoms with Crippen LogP contribution >= 0.6 is 0 Å². The van der Waals surface area contributed by atoms with Crippen molar-refractivity contribution >= 4 is 5.91 Å². The van der Waals surface area contributed by atoms with Crippen molar-refractivity contribution in [3.05, 3.63) is 65.5 Å². The van der Waals surface area contributed by atoms with Gasteiger partial charge in [0.1, 0.15) is 11.6 Å². The molecule has 1 fully saturated rings. The molecule has 1 amide bonds. The molecule has 0 aromatic heterocycles. The van der Waals surface area contributed by atoms with Gasteiger partial charge in [0.05, 0.1) is 13.5 Å². The number of amides is 1. The molecule has 2 aromatic rings. The standard InChI is InChI=1S/C18H18FNO2/c1-22-17-9-5-3-7-13(17)14-11-16(14)20-18(21)10-12-6-2-4-8-15(12)19/h2-9,14,16H,10-11H2,1H3,(H,20,21)/t14-,16-/m1/s1. The van der Waals surface area contributed by atoms with Gasteiger partial charge in [0.2, 0.25) is 5.91 Å². The van der Waals surface area contributed by atoms with Crippen molar-refractivity contribution < 1.29 is 13.9 Å². The van der Waals surface area contributed by atoms with Gasteiger partial charge >= 0.3 is 0 Å². The van der Waals surface area contributed by atoms with Crippen LogP contribution in [0, 0.1) is 5.82 Å². The summed E-state index contributed by atoms with van der Waals surface area (Å²) in [7, 11) is 1.65. The molecule has 1 N–H and O–H groups in total. The average Bonchev–Trinajstić information content (AvgIpc) is 3.28. The first-order chi connectivity index (χ1) is 10.7. The zero-order valence-corrected chi connectivity index (χ0v) is 12.4.